The minimum Gasteiger partial charge on any atom is -0.481 e. The molecule has 1 amide bonds. The van der Waals surface area contributed by atoms with E-state index in [9.17, 15) is 19.5 Å². The van der Waals surface area contributed by atoms with Gasteiger partial charge in [0, 0.05) is 13.1 Å². The largest absolute Gasteiger partial charge is 0.481 e. The number of hydrogen-bond acceptors (Lipinski definition) is 4. The van der Waals surface area contributed by atoms with Gasteiger partial charge in [-0.1, -0.05) is 12.8 Å². The van der Waals surface area contributed by atoms with Gasteiger partial charge >= 0.3 is 11.9 Å². The molecule has 1 N–H and O–H groups in total. The van der Waals surface area contributed by atoms with Gasteiger partial charge in [0.1, 0.15) is 0 Å². The van der Waals surface area contributed by atoms with Crippen LogP contribution in [0.15, 0.2) is 0 Å². The van der Waals surface area contributed by atoms with Crippen molar-refractivity contribution >= 4 is 17.8 Å². The molecule has 0 aromatic heterocycles. The van der Waals surface area contributed by atoms with Gasteiger partial charge in [0.25, 0.3) is 0 Å². The van der Waals surface area contributed by atoms with Crippen LogP contribution in [0, 0.1) is 17.8 Å². The van der Waals surface area contributed by atoms with Crippen molar-refractivity contribution in [3.63, 3.8) is 0 Å². The number of carbonyl (C=O) groups excluding carboxylic acids is 2. The second-order valence-corrected chi connectivity index (χ2v) is 5.63. The number of nitrogens with zero attached hydrogens (tertiary/aromatic N) is 1. The Labute approximate surface area is 118 Å². The van der Waals surface area contributed by atoms with Crippen molar-refractivity contribution in [3.8, 4) is 0 Å². The molecule has 0 bridgehead atoms. The number of aliphatic carboxylic acids is 1. The fraction of sp³-hybridized carbons (Fsp3) is 0.786. The summed E-state index contributed by atoms with van der Waals surface area (Å²) in [5.41, 5.74) is 0. The van der Waals surface area contributed by atoms with Crippen molar-refractivity contribution in [2.75, 3.05) is 20.2 Å². The number of amides is 1. The first kappa shape index (κ1) is 14.8. The van der Waals surface area contributed by atoms with E-state index in [0.717, 1.165) is 12.8 Å². The van der Waals surface area contributed by atoms with Crippen LogP contribution in [0.4, 0.5) is 0 Å². The van der Waals surface area contributed by atoms with E-state index in [1.54, 1.807) is 4.90 Å². The number of carbonyl (C=O) groups is 3. The predicted octanol–water partition coefficient (Wildman–Crippen LogP) is 0.899. The van der Waals surface area contributed by atoms with Crippen LogP contribution < -0.4 is 0 Å². The van der Waals surface area contributed by atoms with Gasteiger partial charge in [-0.15, -0.1) is 0 Å². The second-order valence-electron chi connectivity index (χ2n) is 5.63. The lowest BCUT2D eigenvalue weighted by Crippen LogP contribution is -2.41. The number of hydrogen-bond donors (Lipinski definition) is 1. The lowest BCUT2D eigenvalue weighted by molar-refractivity contribution is -0.152. The third-order valence-corrected chi connectivity index (χ3v) is 4.43. The van der Waals surface area contributed by atoms with Gasteiger partial charge in [0.2, 0.25) is 5.91 Å². The highest BCUT2D eigenvalue weighted by Gasteiger charge is 2.40. The maximum atomic E-state index is 12.5. The summed E-state index contributed by atoms with van der Waals surface area (Å²) in [5, 5.41) is 9.23. The van der Waals surface area contributed by atoms with Gasteiger partial charge in [-0.2, -0.15) is 0 Å². The van der Waals surface area contributed by atoms with Crippen molar-refractivity contribution in [3.05, 3.63) is 0 Å². The SMILES string of the molecule is COC(=O)C1CCN(C(=O)[C@@H]2CCCC[C@@H]2C(=O)O)C1. The highest BCUT2D eigenvalue weighted by molar-refractivity contribution is 5.86. The summed E-state index contributed by atoms with van der Waals surface area (Å²) in [6.45, 7) is 0.871. The molecule has 20 heavy (non-hydrogen) atoms. The molecule has 0 spiro atoms. The zero-order valence-corrected chi connectivity index (χ0v) is 11.7. The molecule has 1 saturated carbocycles. The molecule has 3 atom stereocenters. The molecule has 1 aliphatic carbocycles. The summed E-state index contributed by atoms with van der Waals surface area (Å²) < 4.78 is 4.70. The van der Waals surface area contributed by atoms with E-state index in [1.165, 1.54) is 7.11 Å². The molecular weight excluding hydrogens is 262 g/mol. The summed E-state index contributed by atoms with van der Waals surface area (Å²) >= 11 is 0. The van der Waals surface area contributed by atoms with Crippen molar-refractivity contribution in [2.24, 2.45) is 17.8 Å². The standard InChI is InChI=1S/C14H21NO5/c1-20-14(19)9-6-7-15(8-9)12(16)10-4-2-3-5-11(10)13(17)18/h9-11H,2-8H2,1H3,(H,17,18)/t9?,10-,11+/m1/s1. The highest BCUT2D eigenvalue weighted by Crippen LogP contribution is 2.33. The second kappa shape index (κ2) is 6.24. The Morgan fingerprint density at radius 1 is 1.10 bits per heavy atom. The Bertz CT molecular complexity index is 408. The summed E-state index contributed by atoms with van der Waals surface area (Å²) in [5.74, 6) is -2.56. The number of likely N-dealkylation sites (tertiary alicyclic amines) is 1. The lowest BCUT2D eigenvalue weighted by atomic mass is 9.78. The number of carboxylic acid groups (broad SMARTS) is 1. The molecule has 112 valence electrons. The summed E-state index contributed by atoms with van der Waals surface area (Å²) in [4.78, 5) is 36.8. The van der Waals surface area contributed by atoms with Gasteiger partial charge < -0.3 is 14.7 Å². The Morgan fingerprint density at radius 2 is 1.75 bits per heavy atom. The predicted molar refractivity (Wildman–Crippen MR) is 69.8 cm³/mol. The van der Waals surface area contributed by atoms with Crippen LogP contribution in [0.25, 0.3) is 0 Å². The molecule has 2 rings (SSSR count). The highest BCUT2D eigenvalue weighted by atomic mass is 16.5. The van der Waals surface area contributed by atoms with Gasteiger partial charge in [0.15, 0.2) is 0 Å². The Kier molecular flexibility index (Phi) is 4.62. The molecule has 6 heteroatoms. The molecule has 1 aliphatic heterocycles. The minimum atomic E-state index is -0.883. The van der Waals surface area contributed by atoms with E-state index >= 15 is 0 Å². The first-order valence-electron chi connectivity index (χ1n) is 7.14. The summed E-state index contributed by atoms with van der Waals surface area (Å²) in [6.07, 6.45) is 3.57. The first-order valence-corrected chi connectivity index (χ1v) is 7.14. The molecule has 6 nitrogen and oxygen atoms in total. The van der Waals surface area contributed by atoms with E-state index in [1.807, 2.05) is 0 Å². The van der Waals surface area contributed by atoms with Crippen LogP contribution in [0.3, 0.4) is 0 Å². The van der Waals surface area contributed by atoms with Crippen molar-refractivity contribution in [2.45, 2.75) is 32.1 Å². The lowest BCUT2D eigenvalue weighted by Gasteiger charge is -2.30. The van der Waals surface area contributed by atoms with Crippen LogP contribution in [0.5, 0.6) is 0 Å². The van der Waals surface area contributed by atoms with E-state index in [0.29, 0.717) is 32.4 Å². The fourth-order valence-corrected chi connectivity index (χ4v) is 3.28. The summed E-state index contributed by atoms with van der Waals surface area (Å²) in [7, 11) is 1.34. The molecule has 2 aliphatic rings. The van der Waals surface area contributed by atoms with Crippen LogP contribution in [0.2, 0.25) is 0 Å². The number of ether oxygens (including phenoxy) is 1. The number of esters is 1. The van der Waals surface area contributed by atoms with Crippen molar-refractivity contribution in [1.29, 1.82) is 0 Å². The molecule has 0 aromatic rings. The maximum absolute atomic E-state index is 12.5. The zero-order valence-electron chi connectivity index (χ0n) is 11.7. The zero-order chi connectivity index (χ0) is 14.7. The average Bonchev–Trinajstić information content (AvgIpc) is 2.95. The van der Waals surface area contributed by atoms with E-state index in [2.05, 4.69) is 0 Å². The van der Waals surface area contributed by atoms with Crippen LogP contribution in [-0.4, -0.2) is 48.1 Å². The van der Waals surface area contributed by atoms with Crippen LogP contribution in [0.1, 0.15) is 32.1 Å². The van der Waals surface area contributed by atoms with Gasteiger partial charge in [-0.25, -0.2) is 0 Å². The van der Waals surface area contributed by atoms with Crippen LogP contribution >= 0.6 is 0 Å². The molecule has 1 unspecified atom stereocenters. The van der Waals surface area contributed by atoms with E-state index < -0.39 is 17.8 Å². The molecular formula is C14H21NO5. The van der Waals surface area contributed by atoms with Crippen molar-refractivity contribution in [1.82, 2.24) is 4.90 Å². The minimum absolute atomic E-state index is 0.108. The van der Waals surface area contributed by atoms with E-state index in [4.69, 9.17) is 4.74 Å². The third-order valence-electron chi connectivity index (χ3n) is 4.43. The number of rotatable bonds is 3. The average molecular weight is 283 g/mol. The third kappa shape index (κ3) is 2.94. The Balaban J connectivity index is 2.00. The normalized spacial score (nSPS) is 30.1. The fourth-order valence-electron chi connectivity index (χ4n) is 3.28. The van der Waals surface area contributed by atoms with Crippen molar-refractivity contribution < 1.29 is 24.2 Å². The molecule has 1 heterocycles. The van der Waals surface area contributed by atoms with Crippen LogP contribution in [-0.2, 0) is 19.1 Å². The number of carboxylic acids is 1. The number of methoxy groups -OCH3 is 1. The molecule has 2 fully saturated rings. The first-order chi connectivity index (χ1) is 9.54. The topological polar surface area (TPSA) is 83.9 Å². The molecule has 0 aromatic carbocycles. The summed E-state index contributed by atoms with van der Waals surface area (Å²) in [6, 6.07) is 0. The molecule has 0 radical (unpaired) electrons. The molecule has 1 saturated heterocycles. The monoisotopic (exact) mass is 283 g/mol. The van der Waals surface area contributed by atoms with Gasteiger partial charge in [-0.05, 0) is 19.3 Å². The Hall–Kier alpha value is -1.59. The van der Waals surface area contributed by atoms with Gasteiger partial charge in [-0.3, -0.25) is 14.4 Å². The Morgan fingerprint density at radius 3 is 2.35 bits per heavy atom. The van der Waals surface area contributed by atoms with E-state index in [-0.39, 0.29) is 17.8 Å². The maximum Gasteiger partial charge on any atom is 0.310 e. The van der Waals surface area contributed by atoms with Gasteiger partial charge in [0.05, 0.1) is 24.9 Å². The quantitative estimate of drug-likeness (QED) is 0.778. The smallest absolute Gasteiger partial charge is 0.310 e.